The van der Waals surface area contributed by atoms with Crippen molar-refractivity contribution in [2.75, 3.05) is 17.7 Å². The predicted molar refractivity (Wildman–Crippen MR) is 70.6 cm³/mol. The predicted octanol–water partition coefficient (Wildman–Crippen LogP) is 2.93. The zero-order chi connectivity index (χ0) is 12.3. The zero-order valence-corrected chi connectivity index (χ0v) is 10.8. The van der Waals surface area contributed by atoms with Gasteiger partial charge < -0.3 is 10.6 Å². The van der Waals surface area contributed by atoms with E-state index in [1.807, 2.05) is 43.4 Å². The van der Waals surface area contributed by atoms with E-state index in [2.05, 4.69) is 25.8 Å². The van der Waals surface area contributed by atoms with Gasteiger partial charge in [-0.25, -0.2) is 4.98 Å². The molecule has 1 aromatic rings. The number of pyridine rings is 1. The van der Waals surface area contributed by atoms with E-state index in [0.717, 1.165) is 11.4 Å². The van der Waals surface area contributed by atoms with Gasteiger partial charge in [0.1, 0.15) is 0 Å². The second kappa shape index (κ2) is 4.56. The number of aromatic nitrogens is 1. The molecule has 0 fully saturated rings. The van der Waals surface area contributed by atoms with E-state index in [4.69, 9.17) is 5.73 Å². The summed E-state index contributed by atoms with van der Waals surface area (Å²) in [6.07, 6.45) is 5.79. The molecule has 1 aromatic heterocycles. The van der Waals surface area contributed by atoms with Gasteiger partial charge in [-0.15, -0.1) is 0 Å². The smallest absolute Gasteiger partial charge is 0.155 e. The highest BCUT2D eigenvalue weighted by Crippen LogP contribution is 2.27. The third-order valence-electron chi connectivity index (χ3n) is 2.47. The molecule has 0 aromatic carbocycles. The maximum atomic E-state index is 6.01. The Morgan fingerprint density at radius 3 is 2.44 bits per heavy atom. The van der Waals surface area contributed by atoms with Crippen LogP contribution in [0.5, 0.6) is 0 Å². The highest BCUT2D eigenvalue weighted by Gasteiger charge is 2.16. The molecule has 0 unspecified atom stereocenters. The van der Waals surface area contributed by atoms with Gasteiger partial charge in [0.25, 0.3) is 0 Å². The number of allylic oxidation sites excluding steroid dienone is 1. The largest absolute Gasteiger partial charge is 0.396 e. The van der Waals surface area contributed by atoms with Crippen LogP contribution >= 0.6 is 0 Å². The van der Waals surface area contributed by atoms with E-state index in [1.165, 1.54) is 0 Å². The molecule has 1 heterocycles. The van der Waals surface area contributed by atoms with Crippen LogP contribution in [0.2, 0.25) is 0 Å². The molecule has 16 heavy (non-hydrogen) atoms. The number of anilines is 2. The molecule has 3 heteroatoms. The summed E-state index contributed by atoms with van der Waals surface area (Å²) < 4.78 is 0. The third kappa shape index (κ3) is 2.75. The van der Waals surface area contributed by atoms with Gasteiger partial charge in [0, 0.05) is 19.4 Å². The fraction of sp³-hybridized carbons (Fsp3) is 0.462. The molecule has 0 amide bonds. The summed E-state index contributed by atoms with van der Waals surface area (Å²) in [5.41, 5.74) is 7.96. The number of hydrogen-bond donors (Lipinski definition) is 1. The Labute approximate surface area is 98.0 Å². The Hall–Kier alpha value is -1.51. The van der Waals surface area contributed by atoms with E-state index in [1.54, 1.807) is 0 Å². The summed E-state index contributed by atoms with van der Waals surface area (Å²) >= 11 is 0. The zero-order valence-electron chi connectivity index (χ0n) is 10.8. The van der Waals surface area contributed by atoms with Crippen molar-refractivity contribution in [3.8, 4) is 0 Å². The standard InChI is InChI=1S/C13H21N3/c1-6-7-16(5)12-11(14)8-10(9-15-12)13(2,3)4/h6-9H,14H2,1-5H3/b7-6-. The van der Waals surface area contributed by atoms with Gasteiger partial charge in [-0.2, -0.15) is 0 Å². The molecule has 0 aliphatic heterocycles. The maximum absolute atomic E-state index is 6.01. The number of nitrogen functional groups attached to an aromatic ring is 1. The Balaban J connectivity index is 3.10. The topological polar surface area (TPSA) is 42.2 Å². The van der Waals surface area contributed by atoms with Crippen molar-refractivity contribution >= 4 is 11.5 Å². The van der Waals surface area contributed by atoms with Crippen molar-refractivity contribution in [3.05, 3.63) is 30.1 Å². The third-order valence-corrected chi connectivity index (χ3v) is 2.47. The first-order valence-corrected chi connectivity index (χ1v) is 5.48. The average molecular weight is 219 g/mol. The van der Waals surface area contributed by atoms with Crippen LogP contribution in [-0.4, -0.2) is 12.0 Å². The summed E-state index contributed by atoms with van der Waals surface area (Å²) in [7, 11) is 1.94. The second-order valence-electron chi connectivity index (χ2n) is 4.98. The molecular weight excluding hydrogens is 198 g/mol. The lowest BCUT2D eigenvalue weighted by molar-refractivity contribution is 0.588. The van der Waals surface area contributed by atoms with Gasteiger partial charge in [-0.1, -0.05) is 26.8 Å². The van der Waals surface area contributed by atoms with Gasteiger partial charge in [0.05, 0.1) is 5.69 Å². The van der Waals surface area contributed by atoms with Gasteiger partial charge in [-0.05, 0) is 24.0 Å². The van der Waals surface area contributed by atoms with Crippen molar-refractivity contribution in [3.63, 3.8) is 0 Å². The minimum atomic E-state index is 0.0822. The van der Waals surface area contributed by atoms with Crippen LogP contribution in [0.3, 0.4) is 0 Å². The highest BCUT2D eigenvalue weighted by atomic mass is 15.2. The number of nitrogens with two attached hydrogens (primary N) is 1. The molecule has 0 bridgehead atoms. The Kier molecular flexibility index (Phi) is 3.58. The number of nitrogens with zero attached hydrogens (tertiary/aromatic N) is 2. The molecule has 0 saturated heterocycles. The SMILES string of the molecule is C/C=C\N(C)c1ncc(C(C)(C)C)cc1N. The summed E-state index contributed by atoms with van der Waals surface area (Å²) in [5.74, 6) is 0.797. The molecule has 0 aliphatic rings. The molecule has 3 nitrogen and oxygen atoms in total. The average Bonchev–Trinajstić information content (AvgIpc) is 2.16. The van der Waals surface area contributed by atoms with Crippen LogP contribution in [0.15, 0.2) is 24.5 Å². The van der Waals surface area contributed by atoms with Crippen molar-refractivity contribution in [2.45, 2.75) is 33.1 Å². The first-order chi connectivity index (χ1) is 7.36. The van der Waals surface area contributed by atoms with Crippen LogP contribution in [0.1, 0.15) is 33.3 Å². The van der Waals surface area contributed by atoms with E-state index >= 15 is 0 Å². The number of hydrogen-bond acceptors (Lipinski definition) is 3. The van der Waals surface area contributed by atoms with Crippen molar-refractivity contribution in [2.24, 2.45) is 0 Å². The van der Waals surface area contributed by atoms with Crippen LogP contribution < -0.4 is 10.6 Å². The monoisotopic (exact) mass is 219 g/mol. The minimum absolute atomic E-state index is 0.0822. The molecule has 0 aliphatic carbocycles. The molecule has 0 atom stereocenters. The molecule has 0 saturated carbocycles. The summed E-state index contributed by atoms with van der Waals surface area (Å²) in [4.78, 5) is 6.33. The minimum Gasteiger partial charge on any atom is -0.396 e. The fourth-order valence-electron chi connectivity index (χ4n) is 1.47. The van der Waals surface area contributed by atoms with Gasteiger partial charge in [0.15, 0.2) is 5.82 Å². The molecule has 1 rings (SSSR count). The maximum Gasteiger partial charge on any atom is 0.155 e. The van der Waals surface area contributed by atoms with Crippen molar-refractivity contribution in [1.82, 2.24) is 4.98 Å². The summed E-state index contributed by atoms with van der Waals surface area (Å²) in [5, 5.41) is 0. The Morgan fingerprint density at radius 2 is 2.00 bits per heavy atom. The van der Waals surface area contributed by atoms with E-state index < -0.39 is 0 Å². The highest BCUT2D eigenvalue weighted by molar-refractivity contribution is 5.64. The second-order valence-corrected chi connectivity index (χ2v) is 4.98. The normalized spacial score (nSPS) is 12.1. The summed E-state index contributed by atoms with van der Waals surface area (Å²) in [6, 6.07) is 2.00. The van der Waals surface area contributed by atoms with E-state index in [9.17, 15) is 0 Å². The molecular formula is C13H21N3. The van der Waals surface area contributed by atoms with E-state index in [0.29, 0.717) is 5.69 Å². The van der Waals surface area contributed by atoms with Crippen LogP contribution in [0, 0.1) is 0 Å². The number of rotatable bonds is 2. The van der Waals surface area contributed by atoms with Gasteiger partial charge in [0.2, 0.25) is 0 Å². The van der Waals surface area contributed by atoms with Gasteiger partial charge in [-0.3, -0.25) is 0 Å². The first kappa shape index (κ1) is 12.6. The Bertz CT molecular complexity index is 389. The Morgan fingerprint density at radius 1 is 1.38 bits per heavy atom. The van der Waals surface area contributed by atoms with Gasteiger partial charge >= 0.3 is 0 Å². The lowest BCUT2D eigenvalue weighted by Gasteiger charge is -2.21. The van der Waals surface area contributed by atoms with Crippen LogP contribution in [0.4, 0.5) is 11.5 Å². The van der Waals surface area contributed by atoms with E-state index in [-0.39, 0.29) is 5.41 Å². The quantitative estimate of drug-likeness (QED) is 0.831. The van der Waals surface area contributed by atoms with Crippen molar-refractivity contribution < 1.29 is 0 Å². The van der Waals surface area contributed by atoms with Crippen LogP contribution in [-0.2, 0) is 5.41 Å². The van der Waals surface area contributed by atoms with Crippen LogP contribution in [0.25, 0.3) is 0 Å². The summed E-state index contributed by atoms with van der Waals surface area (Å²) in [6.45, 7) is 8.42. The molecule has 0 radical (unpaired) electrons. The lowest BCUT2D eigenvalue weighted by Crippen LogP contribution is -2.16. The fourth-order valence-corrected chi connectivity index (χ4v) is 1.47. The lowest BCUT2D eigenvalue weighted by atomic mass is 9.88. The molecule has 88 valence electrons. The molecule has 2 N–H and O–H groups in total. The first-order valence-electron chi connectivity index (χ1n) is 5.48. The van der Waals surface area contributed by atoms with Crippen molar-refractivity contribution in [1.29, 1.82) is 0 Å². The molecule has 0 spiro atoms.